The van der Waals surface area contributed by atoms with Gasteiger partial charge in [0.1, 0.15) is 6.04 Å². The Labute approximate surface area is 104 Å². The maximum Gasteiger partial charge on any atom is 0.320 e. The van der Waals surface area contributed by atoms with E-state index in [0.717, 1.165) is 19.3 Å². The van der Waals surface area contributed by atoms with Crippen molar-refractivity contribution in [1.82, 2.24) is 4.90 Å². The Balaban J connectivity index is 2.19. The maximum absolute atomic E-state index is 11.5. The molecule has 1 saturated heterocycles. The van der Waals surface area contributed by atoms with Crippen LogP contribution in [-0.4, -0.2) is 34.1 Å². The second kappa shape index (κ2) is 5.38. The molecule has 0 spiro atoms. The summed E-state index contributed by atoms with van der Waals surface area (Å²) in [5, 5.41) is 9.43. The first-order valence-electron chi connectivity index (χ1n) is 7.19. The number of carbonyl (C=O) groups is 1. The fraction of sp³-hybridized carbons (Fsp3) is 0.929. The van der Waals surface area contributed by atoms with E-state index < -0.39 is 5.97 Å². The van der Waals surface area contributed by atoms with Gasteiger partial charge in [0, 0.05) is 12.1 Å². The van der Waals surface area contributed by atoms with Crippen LogP contribution in [0.1, 0.15) is 58.8 Å². The lowest BCUT2D eigenvalue weighted by atomic mass is 9.84. The third kappa shape index (κ3) is 2.35. The smallest absolute Gasteiger partial charge is 0.320 e. The van der Waals surface area contributed by atoms with Crippen LogP contribution in [0.3, 0.4) is 0 Å². The minimum atomic E-state index is -0.605. The predicted molar refractivity (Wildman–Crippen MR) is 68.0 cm³/mol. The van der Waals surface area contributed by atoms with Gasteiger partial charge in [-0.15, -0.1) is 0 Å². The van der Waals surface area contributed by atoms with Gasteiger partial charge >= 0.3 is 5.97 Å². The summed E-state index contributed by atoms with van der Waals surface area (Å²) < 4.78 is 0. The molecule has 1 heterocycles. The first-order valence-corrected chi connectivity index (χ1v) is 7.19. The molecule has 0 radical (unpaired) electrons. The van der Waals surface area contributed by atoms with Gasteiger partial charge in [0.05, 0.1) is 0 Å². The van der Waals surface area contributed by atoms with E-state index in [0.29, 0.717) is 18.0 Å². The van der Waals surface area contributed by atoms with E-state index in [1.807, 2.05) is 0 Å². The van der Waals surface area contributed by atoms with Gasteiger partial charge in [-0.2, -0.15) is 0 Å². The molecule has 1 saturated carbocycles. The zero-order valence-corrected chi connectivity index (χ0v) is 11.1. The molecule has 1 N–H and O–H groups in total. The molecule has 17 heavy (non-hydrogen) atoms. The van der Waals surface area contributed by atoms with Crippen LogP contribution in [0.5, 0.6) is 0 Å². The van der Waals surface area contributed by atoms with Crippen molar-refractivity contribution >= 4 is 5.97 Å². The van der Waals surface area contributed by atoms with Crippen LogP contribution >= 0.6 is 0 Å². The third-order valence-corrected chi connectivity index (χ3v) is 4.79. The first kappa shape index (κ1) is 12.9. The molecule has 1 aliphatic heterocycles. The second-order valence-corrected chi connectivity index (χ2v) is 5.62. The van der Waals surface area contributed by atoms with Crippen LogP contribution in [0.2, 0.25) is 0 Å². The molecule has 2 aliphatic rings. The SMILES string of the molecule is CCC(CC)N1C(C(=O)O)CC2CCCCC21. The van der Waals surface area contributed by atoms with Crippen molar-refractivity contribution in [2.24, 2.45) is 5.92 Å². The molecule has 98 valence electrons. The van der Waals surface area contributed by atoms with E-state index in [1.165, 1.54) is 25.7 Å². The quantitative estimate of drug-likeness (QED) is 0.820. The van der Waals surface area contributed by atoms with Gasteiger partial charge < -0.3 is 5.11 Å². The number of fused-ring (bicyclic) bond motifs is 1. The average molecular weight is 239 g/mol. The van der Waals surface area contributed by atoms with Gasteiger partial charge in [0.2, 0.25) is 0 Å². The Kier molecular flexibility index (Phi) is 4.08. The third-order valence-electron chi connectivity index (χ3n) is 4.79. The van der Waals surface area contributed by atoms with Crippen molar-refractivity contribution in [2.45, 2.75) is 76.9 Å². The summed E-state index contributed by atoms with van der Waals surface area (Å²) in [5.41, 5.74) is 0. The standard InChI is InChI=1S/C14H25NO2/c1-3-11(4-2)15-12-8-6-5-7-10(12)9-13(15)14(16)17/h10-13H,3-9H2,1-2H3,(H,16,17). The van der Waals surface area contributed by atoms with E-state index in [9.17, 15) is 9.90 Å². The number of carboxylic acids is 1. The maximum atomic E-state index is 11.5. The Morgan fingerprint density at radius 3 is 2.53 bits per heavy atom. The molecular formula is C14H25NO2. The summed E-state index contributed by atoms with van der Waals surface area (Å²) >= 11 is 0. The van der Waals surface area contributed by atoms with Crippen molar-refractivity contribution in [3.8, 4) is 0 Å². The molecule has 3 nitrogen and oxygen atoms in total. The number of hydrogen-bond donors (Lipinski definition) is 1. The summed E-state index contributed by atoms with van der Waals surface area (Å²) in [6.45, 7) is 4.37. The van der Waals surface area contributed by atoms with Gasteiger partial charge in [-0.25, -0.2) is 0 Å². The monoisotopic (exact) mass is 239 g/mol. The predicted octanol–water partition coefficient (Wildman–Crippen LogP) is 2.89. The van der Waals surface area contributed by atoms with Crippen LogP contribution in [0, 0.1) is 5.92 Å². The number of rotatable bonds is 4. The van der Waals surface area contributed by atoms with E-state index >= 15 is 0 Å². The number of nitrogens with zero attached hydrogens (tertiary/aromatic N) is 1. The van der Waals surface area contributed by atoms with Crippen LogP contribution in [0.4, 0.5) is 0 Å². The highest BCUT2D eigenvalue weighted by atomic mass is 16.4. The van der Waals surface area contributed by atoms with Gasteiger partial charge in [0.15, 0.2) is 0 Å². The summed E-state index contributed by atoms with van der Waals surface area (Å²) in [6, 6.07) is 0.798. The Hall–Kier alpha value is -0.570. The minimum Gasteiger partial charge on any atom is -0.480 e. The highest BCUT2D eigenvalue weighted by Crippen LogP contribution is 2.41. The van der Waals surface area contributed by atoms with E-state index in [-0.39, 0.29) is 6.04 Å². The van der Waals surface area contributed by atoms with Crippen molar-refractivity contribution in [1.29, 1.82) is 0 Å². The van der Waals surface area contributed by atoms with Crippen LogP contribution in [-0.2, 0) is 4.79 Å². The minimum absolute atomic E-state index is 0.215. The Bertz CT molecular complexity index is 275. The molecule has 0 bridgehead atoms. The number of aliphatic carboxylic acids is 1. The molecule has 3 unspecified atom stereocenters. The molecular weight excluding hydrogens is 214 g/mol. The molecule has 3 heteroatoms. The average Bonchev–Trinajstić information content (AvgIpc) is 2.71. The topological polar surface area (TPSA) is 40.5 Å². The summed E-state index contributed by atoms with van der Waals surface area (Å²) in [7, 11) is 0. The zero-order chi connectivity index (χ0) is 12.4. The largest absolute Gasteiger partial charge is 0.480 e. The van der Waals surface area contributed by atoms with E-state index in [1.54, 1.807) is 0 Å². The fourth-order valence-electron chi connectivity index (χ4n) is 3.96. The summed E-state index contributed by atoms with van der Waals surface area (Å²) in [6.07, 6.45) is 8.06. The van der Waals surface area contributed by atoms with Gasteiger partial charge in [0.25, 0.3) is 0 Å². The number of carboxylic acid groups (broad SMARTS) is 1. The van der Waals surface area contributed by atoms with Crippen molar-refractivity contribution in [3.05, 3.63) is 0 Å². The number of likely N-dealkylation sites (tertiary alicyclic amines) is 1. The van der Waals surface area contributed by atoms with Gasteiger partial charge in [-0.05, 0) is 38.0 Å². The lowest BCUT2D eigenvalue weighted by molar-refractivity contribution is -0.143. The lowest BCUT2D eigenvalue weighted by Gasteiger charge is -2.38. The summed E-state index contributed by atoms with van der Waals surface area (Å²) in [4.78, 5) is 13.8. The van der Waals surface area contributed by atoms with Crippen LogP contribution in [0.25, 0.3) is 0 Å². The second-order valence-electron chi connectivity index (χ2n) is 5.62. The highest BCUT2D eigenvalue weighted by molar-refractivity contribution is 5.74. The van der Waals surface area contributed by atoms with E-state index in [2.05, 4.69) is 18.7 Å². The fourth-order valence-corrected chi connectivity index (χ4v) is 3.96. The highest BCUT2D eigenvalue weighted by Gasteiger charge is 2.46. The molecule has 1 aliphatic carbocycles. The van der Waals surface area contributed by atoms with Gasteiger partial charge in [-0.3, -0.25) is 9.69 Å². The van der Waals surface area contributed by atoms with E-state index in [4.69, 9.17) is 0 Å². The molecule has 0 aromatic rings. The molecule has 2 fully saturated rings. The van der Waals surface area contributed by atoms with Crippen LogP contribution in [0.15, 0.2) is 0 Å². The first-order chi connectivity index (χ1) is 8.19. The molecule has 0 amide bonds. The molecule has 3 atom stereocenters. The number of hydrogen-bond acceptors (Lipinski definition) is 2. The zero-order valence-electron chi connectivity index (χ0n) is 11.1. The van der Waals surface area contributed by atoms with Crippen molar-refractivity contribution < 1.29 is 9.90 Å². The summed E-state index contributed by atoms with van der Waals surface area (Å²) in [5.74, 6) is 0.0387. The van der Waals surface area contributed by atoms with Crippen molar-refractivity contribution in [3.63, 3.8) is 0 Å². The Morgan fingerprint density at radius 1 is 1.29 bits per heavy atom. The molecule has 0 aromatic heterocycles. The van der Waals surface area contributed by atoms with Crippen LogP contribution < -0.4 is 0 Å². The molecule has 0 aromatic carbocycles. The normalized spacial score (nSPS) is 33.9. The van der Waals surface area contributed by atoms with Gasteiger partial charge in [-0.1, -0.05) is 26.7 Å². The lowest BCUT2D eigenvalue weighted by Crippen LogP contribution is -2.48. The van der Waals surface area contributed by atoms with Crippen molar-refractivity contribution in [2.75, 3.05) is 0 Å². The Morgan fingerprint density at radius 2 is 1.94 bits per heavy atom. The molecule has 2 rings (SSSR count).